The van der Waals surface area contributed by atoms with E-state index in [1.165, 1.54) is 12.1 Å². The molecule has 3 rings (SSSR count). The van der Waals surface area contributed by atoms with Crippen molar-refractivity contribution in [3.8, 4) is 0 Å². The number of rotatable bonds is 4. The minimum atomic E-state index is -0.259. The lowest BCUT2D eigenvalue weighted by atomic mass is 9.97. The van der Waals surface area contributed by atoms with Crippen molar-refractivity contribution in [3.05, 3.63) is 35.0 Å². The summed E-state index contributed by atoms with van der Waals surface area (Å²) in [7, 11) is 0. The summed E-state index contributed by atoms with van der Waals surface area (Å²) in [6.07, 6.45) is 1.27. The van der Waals surface area contributed by atoms with Crippen LogP contribution in [0.15, 0.2) is 24.3 Å². The Morgan fingerprint density at radius 1 is 1.32 bits per heavy atom. The first kappa shape index (κ1) is 17.7. The lowest BCUT2D eigenvalue weighted by Crippen LogP contribution is -2.45. The average Bonchev–Trinajstić information content (AvgIpc) is 3.02. The molecule has 0 radical (unpaired) electrons. The van der Waals surface area contributed by atoms with E-state index in [9.17, 15) is 14.0 Å². The van der Waals surface area contributed by atoms with E-state index in [4.69, 9.17) is 4.74 Å². The molecule has 2 amide bonds. The van der Waals surface area contributed by atoms with Gasteiger partial charge in [-0.3, -0.25) is 4.79 Å². The first-order valence-corrected chi connectivity index (χ1v) is 9.26. The number of fused-ring (bicyclic) bond motifs is 1. The number of piperidine rings is 1. The maximum atomic E-state index is 13.2. The zero-order chi connectivity index (χ0) is 17.8. The number of hydrogen-bond donors (Lipinski definition) is 1. The zero-order valence-corrected chi connectivity index (χ0v) is 14.9. The number of ether oxygens (including phenoxy) is 1. The number of esters is 1. The molecule has 0 bridgehead atoms. The Labute approximate surface area is 149 Å². The molecule has 0 atom stereocenters. The number of carbonyl (C=O) groups is 2. The molecule has 1 aromatic heterocycles. The lowest BCUT2D eigenvalue weighted by molar-refractivity contribution is -0.149. The Hall–Kier alpha value is -2.15. The molecule has 134 valence electrons. The van der Waals surface area contributed by atoms with E-state index in [2.05, 4.69) is 5.32 Å². The molecule has 7 heteroatoms. The number of hydrogen-bond acceptors (Lipinski definition) is 4. The van der Waals surface area contributed by atoms with Gasteiger partial charge in [-0.25, -0.2) is 9.18 Å². The monoisotopic (exact) mass is 364 g/mol. The third-order valence-corrected chi connectivity index (χ3v) is 5.46. The van der Waals surface area contributed by atoms with Crippen LogP contribution in [0, 0.1) is 11.7 Å². The topological polar surface area (TPSA) is 58.6 Å². The van der Waals surface area contributed by atoms with Crippen molar-refractivity contribution in [3.63, 3.8) is 0 Å². The Kier molecular flexibility index (Phi) is 5.53. The van der Waals surface area contributed by atoms with Gasteiger partial charge in [0.1, 0.15) is 5.82 Å². The molecule has 0 aliphatic carbocycles. The second-order valence-corrected chi connectivity index (χ2v) is 7.24. The van der Waals surface area contributed by atoms with E-state index in [1.807, 2.05) is 6.07 Å². The fourth-order valence-electron chi connectivity index (χ4n) is 3.01. The smallest absolute Gasteiger partial charge is 0.317 e. The van der Waals surface area contributed by atoms with Crippen LogP contribution in [0.5, 0.6) is 0 Å². The van der Waals surface area contributed by atoms with E-state index in [0.717, 1.165) is 15.0 Å². The van der Waals surface area contributed by atoms with Gasteiger partial charge in [0.2, 0.25) is 0 Å². The van der Waals surface area contributed by atoms with Gasteiger partial charge in [-0.2, -0.15) is 0 Å². The molecule has 0 saturated carbocycles. The summed E-state index contributed by atoms with van der Waals surface area (Å²) in [4.78, 5) is 26.7. The molecular weight excluding hydrogens is 343 g/mol. The number of benzene rings is 1. The number of urea groups is 1. The second-order valence-electron chi connectivity index (χ2n) is 6.07. The highest BCUT2D eigenvalue weighted by molar-refractivity contribution is 7.19. The Bertz CT molecular complexity index is 769. The van der Waals surface area contributed by atoms with Gasteiger partial charge in [0.25, 0.3) is 0 Å². The summed E-state index contributed by atoms with van der Waals surface area (Å²) < 4.78 is 19.3. The quantitative estimate of drug-likeness (QED) is 0.845. The standard InChI is InChI=1S/C18H21FN2O3S/c1-2-24-17(22)12-5-7-21(8-6-12)18(23)20-11-15-10-13-9-14(19)3-4-16(13)25-15/h3-4,9-10,12H,2,5-8,11H2,1H3,(H,20,23). The third-order valence-electron chi connectivity index (χ3n) is 4.35. The SMILES string of the molecule is CCOC(=O)C1CCN(C(=O)NCc2cc3cc(F)ccc3s2)CC1. The molecule has 1 aromatic carbocycles. The number of nitrogens with one attached hydrogen (secondary N) is 1. The molecule has 1 aliphatic heterocycles. The third kappa shape index (κ3) is 4.28. The molecule has 25 heavy (non-hydrogen) atoms. The minimum Gasteiger partial charge on any atom is -0.466 e. The maximum Gasteiger partial charge on any atom is 0.317 e. The van der Waals surface area contributed by atoms with Crippen LogP contribution in [0.3, 0.4) is 0 Å². The second kappa shape index (κ2) is 7.82. The van der Waals surface area contributed by atoms with Gasteiger partial charge in [-0.15, -0.1) is 11.3 Å². The fraction of sp³-hybridized carbons (Fsp3) is 0.444. The molecule has 2 aromatic rings. The van der Waals surface area contributed by atoms with Crippen LogP contribution >= 0.6 is 11.3 Å². The molecule has 1 aliphatic rings. The van der Waals surface area contributed by atoms with Crippen LogP contribution < -0.4 is 5.32 Å². The number of thiophene rings is 1. The first-order valence-electron chi connectivity index (χ1n) is 8.44. The van der Waals surface area contributed by atoms with Gasteiger partial charge in [0, 0.05) is 22.7 Å². The van der Waals surface area contributed by atoms with Crippen molar-refractivity contribution in [1.82, 2.24) is 10.2 Å². The van der Waals surface area contributed by atoms with Gasteiger partial charge < -0.3 is 15.0 Å². The Balaban J connectivity index is 1.50. The molecule has 1 saturated heterocycles. The molecule has 2 heterocycles. The van der Waals surface area contributed by atoms with Crippen LogP contribution in [-0.4, -0.2) is 36.6 Å². The Morgan fingerprint density at radius 2 is 2.08 bits per heavy atom. The van der Waals surface area contributed by atoms with Crippen LogP contribution in [0.4, 0.5) is 9.18 Å². The number of halogens is 1. The molecule has 1 fully saturated rings. The van der Waals surface area contributed by atoms with Crippen LogP contribution in [0.2, 0.25) is 0 Å². The van der Waals surface area contributed by atoms with Crippen LogP contribution in [0.25, 0.3) is 10.1 Å². The predicted molar refractivity (Wildman–Crippen MR) is 94.9 cm³/mol. The molecule has 0 unspecified atom stereocenters. The summed E-state index contributed by atoms with van der Waals surface area (Å²) >= 11 is 1.54. The van der Waals surface area contributed by atoms with E-state index < -0.39 is 0 Å². The van der Waals surface area contributed by atoms with Gasteiger partial charge in [0.05, 0.1) is 19.1 Å². The van der Waals surface area contributed by atoms with Crippen molar-refractivity contribution in [2.75, 3.05) is 19.7 Å². The van der Waals surface area contributed by atoms with E-state index in [0.29, 0.717) is 39.1 Å². The number of carbonyl (C=O) groups excluding carboxylic acids is 2. The average molecular weight is 364 g/mol. The largest absolute Gasteiger partial charge is 0.466 e. The summed E-state index contributed by atoms with van der Waals surface area (Å²) in [5.41, 5.74) is 0. The normalized spacial score (nSPS) is 15.4. The molecule has 0 spiro atoms. The summed E-state index contributed by atoms with van der Waals surface area (Å²) in [5, 5.41) is 3.75. The van der Waals surface area contributed by atoms with Gasteiger partial charge in [-0.05, 0) is 49.4 Å². The highest BCUT2D eigenvalue weighted by Gasteiger charge is 2.28. The van der Waals surface area contributed by atoms with Crippen molar-refractivity contribution in [1.29, 1.82) is 0 Å². The first-order chi connectivity index (χ1) is 12.1. The summed E-state index contributed by atoms with van der Waals surface area (Å²) in [5.74, 6) is -0.535. The fourth-order valence-corrected chi connectivity index (χ4v) is 3.99. The maximum absolute atomic E-state index is 13.2. The Morgan fingerprint density at radius 3 is 2.80 bits per heavy atom. The highest BCUT2D eigenvalue weighted by Crippen LogP contribution is 2.26. The lowest BCUT2D eigenvalue weighted by Gasteiger charge is -2.30. The van der Waals surface area contributed by atoms with Crippen LogP contribution in [-0.2, 0) is 16.1 Å². The minimum absolute atomic E-state index is 0.110. The van der Waals surface area contributed by atoms with Crippen LogP contribution in [0.1, 0.15) is 24.6 Å². The van der Waals surface area contributed by atoms with Crippen molar-refractivity contribution < 1.29 is 18.7 Å². The van der Waals surface area contributed by atoms with Gasteiger partial charge in [0.15, 0.2) is 0 Å². The van der Waals surface area contributed by atoms with E-state index in [-0.39, 0.29) is 23.7 Å². The predicted octanol–water partition coefficient (Wildman–Crippen LogP) is 3.53. The van der Waals surface area contributed by atoms with Crippen molar-refractivity contribution in [2.45, 2.75) is 26.3 Å². The summed E-state index contributed by atoms with van der Waals surface area (Å²) in [6, 6.07) is 6.45. The zero-order valence-electron chi connectivity index (χ0n) is 14.1. The van der Waals surface area contributed by atoms with Gasteiger partial charge >= 0.3 is 12.0 Å². The number of amides is 2. The van der Waals surface area contributed by atoms with E-state index >= 15 is 0 Å². The number of likely N-dealkylation sites (tertiary alicyclic amines) is 1. The van der Waals surface area contributed by atoms with Crippen molar-refractivity contribution in [2.24, 2.45) is 5.92 Å². The molecular formula is C18H21FN2O3S. The van der Waals surface area contributed by atoms with Crippen molar-refractivity contribution >= 4 is 33.4 Å². The van der Waals surface area contributed by atoms with E-state index in [1.54, 1.807) is 29.2 Å². The highest BCUT2D eigenvalue weighted by atomic mass is 32.1. The summed E-state index contributed by atoms with van der Waals surface area (Å²) in [6.45, 7) is 3.69. The molecule has 5 nitrogen and oxygen atoms in total. The van der Waals surface area contributed by atoms with Gasteiger partial charge in [-0.1, -0.05) is 0 Å². The molecule has 1 N–H and O–H groups in total. The number of nitrogens with zero attached hydrogens (tertiary/aromatic N) is 1.